The third kappa shape index (κ3) is 3.03. The van der Waals surface area contributed by atoms with Crippen molar-refractivity contribution in [2.75, 3.05) is 5.73 Å². The predicted molar refractivity (Wildman–Crippen MR) is 85.3 cm³/mol. The van der Waals surface area contributed by atoms with E-state index < -0.39 is 0 Å². The van der Waals surface area contributed by atoms with Crippen LogP contribution in [0.4, 0.5) is 5.69 Å². The van der Waals surface area contributed by atoms with Gasteiger partial charge in [-0.05, 0) is 36.2 Å². The van der Waals surface area contributed by atoms with Crippen LogP contribution in [-0.2, 0) is 0 Å². The second-order valence-corrected chi connectivity index (χ2v) is 4.88. The Morgan fingerprint density at radius 2 is 1.57 bits per heavy atom. The van der Waals surface area contributed by atoms with E-state index in [2.05, 4.69) is 17.1 Å². The van der Waals surface area contributed by atoms with Crippen LogP contribution in [0.25, 0.3) is 11.1 Å². The van der Waals surface area contributed by atoms with Crippen LogP contribution >= 0.6 is 0 Å². The van der Waals surface area contributed by atoms with Gasteiger partial charge in [0, 0.05) is 5.56 Å². The van der Waals surface area contributed by atoms with Crippen LogP contribution in [0.2, 0.25) is 0 Å². The van der Waals surface area contributed by atoms with E-state index in [0.29, 0.717) is 11.6 Å². The molecule has 0 saturated heterocycles. The monoisotopic (exact) mass is 276 g/mol. The first-order valence-corrected chi connectivity index (χ1v) is 6.78. The maximum Gasteiger partial charge on any atom is 0.222 e. The summed E-state index contributed by atoms with van der Waals surface area (Å²) in [7, 11) is 0. The fraction of sp³-hybridized carbons (Fsp3) is 0.0556. The van der Waals surface area contributed by atoms with Gasteiger partial charge in [0.15, 0.2) is 0 Å². The molecule has 0 unspecified atom stereocenters. The Balaban J connectivity index is 1.81. The smallest absolute Gasteiger partial charge is 0.222 e. The highest BCUT2D eigenvalue weighted by atomic mass is 16.5. The fourth-order valence-electron chi connectivity index (χ4n) is 2.15. The Hall–Kier alpha value is -2.81. The van der Waals surface area contributed by atoms with Gasteiger partial charge in [-0.25, -0.2) is 4.98 Å². The molecule has 0 amide bonds. The number of hydrogen-bond donors (Lipinski definition) is 1. The maximum atomic E-state index is 5.79. The minimum atomic E-state index is 0.580. The van der Waals surface area contributed by atoms with Crippen molar-refractivity contribution in [2.45, 2.75) is 6.92 Å². The molecule has 0 aliphatic rings. The van der Waals surface area contributed by atoms with E-state index in [-0.39, 0.29) is 0 Å². The molecule has 0 bridgehead atoms. The number of benzene rings is 2. The fourth-order valence-corrected chi connectivity index (χ4v) is 2.15. The molecular weight excluding hydrogens is 260 g/mol. The normalized spacial score (nSPS) is 10.3. The van der Waals surface area contributed by atoms with Gasteiger partial charge >= 0.3 is 0 Å². The highest BCUT2D eigenvalue weighted by molar-refractivity contribution is 5.64. The molecule has 0 fully saturated rings. The summed E-state index contributed by atoms with van der Waals surface area (Å²) in [6.45, 7) is 1.93. The minimum absolute atomic E-state index is 0.580. The highest BCUT2D eigenvalue weighted by Crippen LogP contribution is 2.26. The van der Waals surface area contributed by atoms with E-state index in [1.54, 1.807) is 6.20 Å². The number of nitrogen functional groups attached to an aromatic ring is 1. The SMILES string of the molecule is Cc1cc(N)cnc1Oc1ccc(-c2ccccc2)cc1. The molecule has 1 aromatic heterocycles. The van der Waals surface area contributed by atoms with Crippen LogP contribution < -0.4 is 10.5 Å². The van der Waals surface area contributed by atoms with Crippen LogP contribution in [0.3, 0.4) is 0 Å². The zero-order valence-corrected chi connectivity index (χ0v) is 11.8. The van der Waals surface area contributed by atoms with Crippen LogP contribution in [0.1, 0.15) is 5.56 Å². The number of hydrogen-bond acceptors (Lipinski definition) is 3. The van der Waals surface area contributed by atoms with Crippen molar-refractivity contribution in [1.29, 1.82) is 0 Å². The molecule has 2 aromatic carbocycles. The Morgan fingerprint density at radius 1 is 0.905 bits per heavy atom. The zero-order chi connectivity index (χ0) is 14.7. The van der Waals surface area contributed by atoms with Crippen LogP contribution in [0.15, 0.2) is 66.9 Å². The summed E-state index contributed by atoms with van der Waals surface area (Å²) in [5, 5.41) is 0. The number of anilines is 1. The quantitative estimate of drug-likeness (QED) is 0.769. The molecule has 0 spiro atoms. The second-order valence-electron chi connectivity index (χ2n) is 4.88. The molecule has 3 aromatic rings. The molecular formula is C18H16N2O. The number of rotatable bonds is 3. The average Bonchev–Trinajstić information content (AvgIpc) is 2.52. The van der Waals surface area contributed by atoms with Crippen LogP contribution in [0, 0.1) is 6.92 Å². The molecule has 3 heteroatoms. The van der Waals surface area contributed by atoms with E-state index in [4.69, 9.17) is 10.5 Å². The summed E-state index contributed by atoms with van der Waals surface area (Å²) in [4.78, 5) is 4.21. The van der Waals surface area contributed by atoms with Crippen LogP contribution in [0.5, 0.6) is 11.6 Å². The Bertz CT molecular complexity index is 737. The molecule has 21 heavy (non-hydrogen) atoms. The highest BCUT2D eigenvalue weighted by Gasteiger charge is 2.04. The van der Waals surface area contributed by atoms with E-state index in [9.17, 15) is 0 Å². The van der Waals surface area contributed by atoms with Crippen molar-refractivity contribution in [3.63, 3.8) is 0 Å². The van der Waals surface area contributed by atoms with Gasteiger partial charge in [-0.15, -0.1) is 0 Å². The summed E-state index contributed by atoms with van der Waals surface area (Å²) in [5.41, 5.74) is 9.59. The van der Waals surface area contributed by atoms with Gasteiger partial charge in [-0.1, -0.05) is 42.5 Å². The first-order chi connectivity index (χ1) is 10.2. The molecule has 104 valence electrons. The van der Waals surface area contributed by atoms with Crippen LogP contribution in [-0.4, -0.2) is 4.98 Å². The predicted octanol–water partition coefficient (Wildman–Crippen LogP) is 4.43. The largest absolute Gasteiger partial charge is 0.439 e. The number of aryl methyl sites for hydroxylation is 1. The third-order valence-electron chi connectivity index (χ3n) is 3.23. The van der Waals surface area contributed by atoms with E-state index in [0.717, 1.165) is 16.9 Å². The standard InChI is InChI=1S/C18H16N2O/c1-13-11-16(19)12-20-18(13)21-17-9-7-15(8-10-17)14-5-3-2-4-6-14/h2-12H,19H2,1H3. The summed E-state index contributed by atoms with van der Waals surface area (Å²) in [5.74, 6) is 1.34. The number of ether oxygens (including phenoxy) is 1. The molecule has 2 N–H and O–H groups in total. The molecule has 1 heterocycles. The maximum absolute atomic E-state index is 5.79. The molecule has 3 nitrogen and oxygen atoms in total. The van der Waals surface area contributed by atoms with Gasteiger partial charge in [-0.3, -0.25) is 0 Å². The first kappa shape index (κ1) is 13.2. The van der Waals surface area contributed by atoms with Crippen molar-refractivity contribution < 1.29 is 4.74 Å². The van der Waals surface area contributed by atoms with E-state index >= 15 is 0 Å². The lowest BCUT2D eigenvalue weighted by Gasteiger charge is -2.09. The molecule has 0 radical (unpaired) electrons. The number of nitrogens with zero attached hydrogens (tertiary/aromatic N) is 1. The Morgan fingerprint density at radius 3 is 2.24 bits per heavy atom. The topological polar surface area (TPSA) is 48.1 Å². The third-order valence-corrected chi connectivity index (χ3v) is 3.23. The summed E-state index contributed by atoms with van der Waals surface area (Å²) >= 11 is 0. The molecule has 3 rings (SSSR count). The molecule has 0 aliphatic carbocycles. The van der Waals surface area contributed by atoms with Crippen molar-refractivity contribution in [3.05, 3.63) is 72.4 Å². The van der Waals surface area contributed by atoms with Crippen molar-refractivity contribution in [1.82, 2.24) is 4.98 Å². The first-order valence-electron chi connectivity index (χ1n) is 6.78. The zero-order valence-electron chi connectivity index (χ0n) is 11.8. The molecule has 0 saturated carbocycles. The van der Waals surface area contributed by atoms with E-state index in [1.165, 1.54) is 5.56 Å². The number of nitrogens with two attached hydrogens (primary N) is 1. The number of aromatic nitrogens is 1. The van der Waals surface area contributed by atoms with E-state index in [1.807, 2.05) is 55.5 Å². The molecule has 0 atom stereocenters. The summed E-state index contributed by atoms with van der Waals surface area (Å²) < 4.78 is 5.79. The van der Waals surface area contributed by atoms with Gasteiger partial charge in [0.05, 0.1) is 11.9 Å². The minimum Gasteiger partial charge on any atom is -0.439 e. The van der Waals surface area contributed by atoms with Gasteiger partial charge < -0.3 is 10.5 Å². The second kappa shape index (κ2) is 5.67. The van der Waals surface area contributed by atoms with Crippen molar-refractivity contribution in [2.24, 2.45) is 0 Å². The van der Waals surface area contributed by atoms with Gasteiger partial charge in [0.1, 0.15) is 5.75 Å². The van der Waals surface area contributed by atoms with Gasteiger partial charge in [-0.2, -0.15) is 0 Å². The van der Waals surface area contributed by atoms with Gasteiger partial charge in [0.25, 0.3) is 0 Å². The lowest BCUT2D eigenvalue weighted by atomic mass is 10.1. The lowest BCUT2D eigenvalue weighted by molar-refractivity contribution is 0.459. The summed E-state index contributed by atoms with van der Waals surface area (Å²) in [6, 6.07) is 20.1. The lowest BCUT2D eigenvalue weighted by Crippen LogP contribution is -1.94. The molecule has 0 aliphatic heterocycles. The Kier molecular flexibility index (Phi) is 3.56. The van der Waals surface area contributed by atoms with Crippen molar-refractivity contribution in [3.8, 4) is 22.8 Å². The van der Waals surface area contributed by atoms with Gasteiger partial charge in [0.2, 0.25) is 5.88 Å². The van der Waals surface area contributed by atoms with Crippen molar-refractivity contribution >= 4 is 5.69 Å². The Labute approximate surface area is 124 Å². The summed E-state index contributed by atoms with van der Waals surface area (Å²) in [6.07, 6.45) is 1.60. The average molecular weight is 276 g/mol. The number of pyridine rings is 1.